The number of carbonyl (C=O) groups is 2. The molecule has 0 aromatic rings. The maximum atomic E-state index is 11.6. The van der Waals surface area contributed by atoms with Crippen LogP contribution in [0.15, 0.2) is 0 Å². The van der Waals surface area contributed by atoms with Gasteiger partial charge in [0.1, 0.15) is 11.7 Å². The Kier molecular flexibility index (Phi) is 6.15. The summed E-state index contributed by atoms with van der Waals surface area (Å²) in [6, 6.07) is 0. The third kappa shape index (κ3) is 4.44. The molecule has 0 aliphatic carbocycles. The lowest BCUT2D eigenvalue weighted by Crippen LogP contribution is -2.45. The fourth-order valence-corrected chi connectivity index (χ4v) is 1.98. The highest BCUT2D eigenvalue weighted by atomic mass is 16.5. The molecule has 0 saturated carbocycles. The van der Waals surface area contributed by atoms with Crippen LogP contribution in [0.3, 0.4) is 0 Å². The van der Waals surface area contributed by atoms with E-state index in [0.29, 0.717) is 13.0 Å². The molecule has 0 aromatic heterocycles. The van der Waals surface area contributed by atoms with Crippen LogP contribution in [0.25, 0.3) is 0 Å². The zero-order valence-electron chi connectivity index (χ0n) is 10.6. The fraction of sp³-hybridized carbons (Fsp3) is 0.833. The van der Waals surface area contributed by atoms with E-state index >= 15 is 0 Å². The minimum absolute atomic E-state index is 0.00194. The van der Waals surface area contributed by atoms with Gasteiger partial charge in [-0.1, -0.05) is 0 Å². The lowest BCUT2D eigenvalue weighted by Gasteiger charge is -2.30. The molecule has 1 atom stereocenters. The number of methoxy groups -OCH3 is 1. The molecule has 1 aliphatic rings. The van der Waals surface area contributed by atoms with Crippen molar-refractivity contribution in [1.82, 2.24) is 4.90 Å². The molecule has 0 amide bonds. The van der Waals surface area contributed by atoms with Gasteiger partial charge in [-0.3, -0.25) is 9.59 Å². The van der Waals surface area contributed by atoms with Crippen LogP contribution in [-0.2, 0) is 19.1 Å². The average Bonchev–Trinajstić information content (AvgIpc) is 2.35. The predicted octanol–water partition coefficient (Wildman–Crippen LogP) is 0.477. The number of Topliss-reactive ketones (excluding diaryl/α,β-unsaturated/α-hetero) is 1. The molecule has 0 N–H and O–H groups in total. The summed E-state index contributed by atoms with van der Waals surface area (Å²) >= 11 is 0. The van der Waals surface area contributed by atoms with Gasteiger partial charge in [-0.15, -0.1) is 0 Å². The van der Waals surface area contributed by atoms with Crippen LogP contribution in [0.1, 0.15) is 19.8 Å². The topological polar surface area (TPSA) is 55.8 Å². The molecule has 5 heteroatoms. The van der Waals surface area contributed by atoms with E-state index in [-0.39, 0.29) is 5.78 Å². The van der Waals surface area contributed by atoms with E-state index < -0.39 is 11.9 Å². The van der Waals surface area contributed by atoms with Gasteiger partial charge in [-0.2, -0.15) is 0 Å². The first kappa shape index (κ1) is 14.1. The minimum atomic E-state index is -0.596. The summed E-state index contributed by atoms with van der Waals surface area (Å²) in [6.45, 7) is 5.50. The van der Waals surface area contributed by atoms with Crippen molar-refractivity contribution in [3.05, 3.63) is 0 Å². The van der Waals surface area contributed by atoms with Gasteiger partial charge in [-0.25, -0.2) is 0 Å². The number of nitrogens with zero attached hydrogens (tertiary/aromatic N) is 1. The summed E-state index contributed by atoms with van der Waals surface area (Å²) in [6.07, 6.45) is 1.37. The molecular weight excluding hydrogens is 222 g/mol. The molecule has 17 heavy (non-hydrogen) atoms. The number of carbonyl (C=O) groups excluding carboxylic acids is 2. The summed E-state index contributed by atoms with van der Waals surface area (Å²) in [5.41, 5.74) is 0. The third-order valence-corrected chi connectivity index (χ3v) is 2.96. The summed E-state index contributed by atoms with van der Waals surface area (Å²) in [5, 5.41) is 0. The smallest absolute Gasteiger partial charge is 0.317 e. The van der Waals surface area contributed by atoms with Crippen molar-refractivity contribution < 1.29 is 19.1 Å². The Balaban J connectivity index is 2.33. The summed E-state index contributed by atoms with van der Waals surface area (Å²) < 4.78 is 9.90. The second-order valence-electron chi connectivity index (χ2n) is 4.14. The van der Waals surface area contributed by atoms with Gasteiger partial charge in [0.2, 0.25) is 0 Å². The minimum Gasteiger partial charge on any atom is -0.468 e. The van der Waals surface area contributed by atoms with Crippen LogP contribution < -0.4 is 0 Å². The Morgan fingerprint density at radius 3 is 2.94 bits per heavy atom. The first-order chi connectivity index (χ1) is 8.19. The number of hydrogen-bond acceptors (Lipinski definition) is 5. The monoisotopic (exact) mass is 243 g/mol. The molecule has 0 aromatic carbocycles. The number of ketones is 1. The van der Waals surface area contributed by atoms with Crippen LogP contribution in [0, 0.1) is 5.92 Å². The number of piperidine rings is 1. The van der Waals surface area contributed by atoms with Gasteiger partial charge in [0.05, 0.1) is 7.11 Å². The molecule has 1 heterocycles. The average molecular weight is 243 g/mol. The third-order valence-electron chi connectivity index (χ3n) is 2.96. The Bertz CT molecular complexity index is 259. The Labute approximate surface area is 102 Å². The number of hydrogen-bond donors (Lipinski definition) is 0. The van der Waals surface area contributed by atoms with E-state index in [2.05, 4.69) is 9.64 Å². The lowest BCUT2D eigenvalue weighted by molar-refractivity contribution is -0.151. The van der Waals surface area contributed by atoms with E-state index in [1.165, 1.54) is 7.11 Å². The molecule has 1 saturated heterocycles. The van der Waals surface area contributed by atoms with Crippen LogP contribution >= 0.6 is 0 Å². The first-order valence-electron chi connectivity index (χ1n) is 6.09. The van der Waals surface area contributed by atoms with Gasteiger partial charge >= 0.3 is 5.97 Å². The highest BCUT2D eigenvalue weighted by Gasteiger charge is 2.33. The van der Waals surface area contributed by atoms with Crippen molar-refractivity contribution in [3.8, 4) is 0 Å². The Hall–Kier alpha value is -0.940. The quantitative estimate of drug-likeness (QED) is 0.386. The van der Waals surface area contributed by atoms with Gasteiger partial charge in [-0.05, 0) is 13.3 Å². The maximum Gasteiger partial charge on any atom is 0.317 e. The highest BCUT2D eigenvalue weighted by Crippen LogP contribution is 2.14. The SMILES string of the molecule is CCOCCCN1CCC(=O)C(C(=O)OC)C1. The second-order valence-corrected chi connectivity index (χ2v) is 4.14. The molecule has 0 spiro atoms. The highest BCUT2D eigenvalue weighted by molar-refractivity contribution is 5.99. The molecule has 1 unspecified atom stereocenters. The van der Waals surface area contributed by atoms with E-state index in [9.17, 15) is 9.59 Å². The van der Waals surface area contributed by atoms with Crippen molar-refractivity contribution in [2.45, 2.75) is 19.8 Å². The van der Waals surface area contributed by atoms with Crippen LogP contribution in [-0.4, -0.2) is 56.6 Å². The molecule has 0 radical (unpaired) electrons. The maximum absolute atomic E-state index is 11.6. The van der Waals surface area contributed by atoms with Gasteiger partial charge in [0.25, 0.3) is 0 Å². The first-order valence-corrected chi connectivity index (χ1v) is 6.09. The lowest BCUT2D eigenvalue weighted by atomic mass is 9.96. The van der Waals surface area contributed by atoms with Crippen molar-refractivity contribution in [2.75, 3.05) is 40.0 Å². The standard InChI is InChI=1S/C12H21NO4/c1-3-17-8-4-6-13-7-5-11(14)10(9-13)12(15)16-2/h10H,3-9H2,1-2H3. The van der Waals surface area contributed by atoms with Crippen LogP contribution in [0.4, 0.5) is 0 Å². The summed E-state index contributed by atoms with van der Waals surface area (Å²) in [4.78, 5) is 25.1. The van der Waals surface area contributed by atoms with Crippen LogP contribution in [0.2, 0.25) is 0 Å². The second kappa shape index (κ2) is 7.40. The molecule has 1 aliphatic heterocycles. The summed E-state index contributed by atoms with van der Waals surface area (Å²) in [5.74, 6) is -1.01. The molecule has 0 bridgehead atoms. The normalized spacial score (nSPS) is 21.5. The number of likely N-dealkylation sites (tertiary alicyclic amines) is 1. The molecule has 5 nitrogen and oxygen atoms in total. The number of esters is 1. The predicted molar refractivity (Wildman–Crippen MR) is 62.7 cm³/mol. The summed E-state index contributed by atoms with van der Waals surface area (Å²) in [7, 11) is 1.32. The molecule has 98 valence electrons. The largest absolute Gasteiger partial charge is 0.468 e. The van der Waals surface area contributed by atoms with Crippen LogP contribution in [0.5, 0.6) is 0 Å². The van der Waals surface area contributed by atoms with E-state index in [0.717, 1.165) is 32.7 Å². The van der Waals surface area contributed by atoms with Gasteiger partial charge in [0.15, 0.2) is 0 Å². The van der Waals surface area contributed by atoms with Crippen molar-refractivity contribution in [3.63, 3.8) is 0 Å². The molecule has 1 rings (SSSR count). The molecular formula is C12H21NO4. The fourth-order valence-electron chi connectivity index (χ4n) is 1.98. The number of ether oxygens (including phenoxy) is 2. The van der Waals surface area contributed by atoms with Gasteiger partial charge < -0.3 is 14.4 Å². The van der Waals surface area contributed by atoms with E-state index in [1.54, 1.807) is 0 Å². The zero-order valence-corrected chi connectivity index (χ0v) is 10.6. The van der Waals surface area contributed by atoms with Crippen molar-refractivity contribution >= 4 is 11.8 Å². The Morgan fingerprint density at radius 2 is 2.29 bits per heavy atom. The van der Waals surface area contributed by atoms with E-state index in [4.69, 9.17) is 4.74 Å². The van der Waals surface area contributed by atoms with Crippen molar-refractivity contribution in [1.29, 1.82) is 0 Å². The van der Waals surface area contributed by atoms with E-state index in [1.807, 2.05) is 6.92 Å². The van der Waals surface area contributed by atoms with Crippen molar-refractivity contribution in [2.24, 2.45) is 5.92 Å². The number of rotatable bonds is 6. The van der Waals surface area contributed by atoms with Gasteiger partial charge in [0, 0.05) is 39.3 Å². The molecule has 1 fully saturated rings. The zero-order chi connectivity index (χ0) is 12.7. The Morgan fingerprint density at radius 1 is 1.53 bits per heavy atom.